The minimum atomic E-state index is -0.298. The fourth-order valence-corrected chi connectivity index (χ4v) is 5.39. The van der Waals surface area contributed by atoms with Crippen molar-refractivity contribution in [3.05, 3.63) is 82.9 Å². The summed E-state index contributed by atoms with van der Waals surface area (Å²) in [6.07, 6.45) is 0. The number of phenolic OH excluding ortho intramolecular Hbond substituents is 4. The van der Waals surface area contributed by atoms with Crippen molar-refractivity contribution in [2.45, 2.75) is 105 Å². The van der Waals surface area contributed by atoms with Crippen LogP contribution in [0.3, 0.4) is 0 Å². The topological polar surface area (TPSA) is 80.9 Å². The first kappa shape index (κ1) is 33.0. The molecule has 4 aromatic carbocycles. The Bertz CT molecular complexity index is 1590. The molecule has 4 rings (SSSR count). The number of rotatable bonds is 3. The van der Waals surface area contributed by atoms with E-state index in [9.17, 15) is 20.4 Å². The molecule has 0 unspecified atom stereocenters. The van der Waals surface area contributed by atoms with E-state index in [4.69, 9.17) is 0 Å². The van der Waals surface area contributed by atoms with Gasteiger partial charge in [-0.2, -0.15) is 0 Å². The van der Waals surface area contributed by atoms with Crippen LogP contribution in [-0.2, 0) is 21.7 Å². The highest BCUT2D eigenvalue weighted by atomic mass is 16.3. The lowest BCUT2D eigenvalue weighted by Gasteiger charge is -2.27. The Morgan fingerprint density at radius 2 is 0.545 bits per heavy atom. The first-order chi connectivity index (χ1) is 20.0. The summed E-state index contributed by atoms with van der Waals surface area (Å²) in [6.45, 7) is 25.3. The van der Waals surface area contributed by atoms with E-state index in [1.54, 1.807) is 12.1 Å². The molecule has 4 heteroatoms. The van der Waals surface area contributed by atoms with Gasteiger partial charge in [-0.25, -0.2) is 0 Å². The molecule has 0 spiro atoms. The summed E-state index contributed by atoms with van der Waals surface area (Å²) in [4.78, 5) is 0. The van der Waals surface area contributed by atoms with Crippen LogP contribution in [-0.4, -0.2) is 20.4 Å². The second-order valence-electron chi connectivity index (χ2n) is 16.3. The monoisotopic (exact) mass is 594 g/mol. The molecular weight excluding hydrogens is 544 g/mol. The number of hydrogen-bond donors (Lipinski definition) is 4. The minimum Gasteiger partial charge on any atom is -0.507 e. The van der Waals surface area contributed by atoms with Crippen molar-refractivity contribution in [3.8, 4) is 56.4 Å². The second kappa shape index (κ2) is 10.9. The lowest BCUT2D eigenvalue weighted by atomic mass is 9.79. The molecule has 44 heavy (non-hydrogen) atoms. The Labute approximate surface area is 264 Å². The molecular formula is C40H50O4. The van der Waals surface area contributed by atoms with E-state index in [2.05, 4.69) is 83.1 Å². The van der Waals surface area contributed by atoms with E-state index < -0.39 is 0 Å². The number of benzene rings is 4. The number of phenols is 4. The smallest absolute Gasteiger partial charge is 0.131 e. The van der Waals surface area contributed by atoms with Crippen LogP contribution >= 0.6 is 0 Å². The Hall–Kier alpha value is -3.92. The van der Waals surface area contributed by atoms with Crippen molar-refractivity contribution in [2.24, 2.45) is 0 Å². The lowest BCUT2D eigenvalue weighted by molar-refractivity contribution is 0.464. The Kier molecular flexibility index (Phi) is 8.18. The maximum atomic E-state index is 12.0. The van der Waals surface area contributed by atoms with Gasteiger partial charge in [-0.15, -0.1) is 0 Å². The van der Waals surface area contributed by atoms with E-state index in [1.165, 1.54) is 0 Å². The van der Waals surface area contributed by atoms with Gasteiger partial charge in [-0.05, 0) is 92.4 Å². The van der Waals surface area contributed by atoms with Gasteiger partial charge < -0.3 is 20.4 Å². The highest BCUT2D eigenvalue weighted by Crippen LogP contribution is 2.51. The van der Waals surface area contributed by atoms with E-state index in [0.29, 0.717) is 33.4 Å². The molecule has 0 bridgehead atoms. The van der Waals surface area contributed by atoms with Crippen molar-refractivity contribution in [3.63, 3.8) is 0 Å². The van der Waals surface area contributed by atoms with E-state index >= 15 is 0 Å². The van der Waals surface area contributed by atoms with E-state index in [-0.39, 0.29) is 44.7 Å². The van der Waals surface area contributed by atoms with Gasteiger partial charge in [0.15, 0.2) is 0 Å². The highest BCUT2D eigenvalue weighted by molar-refractivity contribution is 5.91. The van der Waals surface area contributed by atoms with Crippen molar-refractivity contribution >= 4 is 0 Å². The van der Waals surface area contributed by atoms with Crippen molar-refractivity contribution in [2.75, 3.05) is 0 Å². The molecule has 0 amide bonds. The third kappa shape index (κ3) is 6.45. The average molecular weight is 595 g/mol. The first-order valence-corrected chi connectivity index (χ1v) is 15.4. The molecule has 0 heterocycles. The maximum Gasteiger partial charge on any atom is 0.131 e. The Balaban J connectivity index is 2.13. The van der Waals surface area contributed by atoms with Crippen LogP contribution in [0.2, 0.25) is 0 Å². The van der Waals surface area contributed by atoms with Gasteiger partial charge in [0, 0.05) is 33.4 Å². The van der Waals surface area contributed by atoms with Crippen molar-refractivity contribution in [1.29, 1.82) is 0 Å². The zero-order valence-electron chi connectivity index (χ0n) is 28.6. The van der Waals surface area contributed by atoms with Crippen molar-refractivity contribution in [1.82, 2.24) is 0 Å². The predicted octanol–water partition coefficient (Wildman–Crippen LogP) is 10.7. The van der Waals surface area contributed by atoms with Gasteiger partial charge in [-0.1, -0.05) is 95.2 Å². The fraction of sp³-hybridized carbons (Fsp3) is 0.400. The molecule has 0 radical (unpaired) electrons. The lowest BCUT2D eigenvalue weighted by Crippen LogP contribution is -2.13. The van der Waals surface area contributed by atoms with Gasteiger partial charge >= 0.3 is 0 Å². The first-order valence-electron chi connectivity index (χ1n) is 15.4. The summed E-state index contributed by atoms with van der Waals surface area (Å²) in [6, 6.07) is 18.8. The summed E-state index contributed by atoms with van der Waals surface area (Å²) >= 11 is 0. The summed E-state index contributed by atoms with van der Waals surface area (Å²) in [7, 11) is 0. The van der Waals surface area contributed by atoms with Crippen LogP contribution in [0.5, 0.6) is 23.0 Å². The molecule has 0 aliphatic rings. The molecule has 0 aliphatic heterocycles. The van der Waals surface area contributed by atoms with Crippen LogP contribution in [0.15, 0.2) is 60.7 Å². The molecule has 4 N–H and O–H groups in total. The largest absolute Gasteiger partial charge is 0.507 e. The maximum absolute atomic E-state index is 12.0. The standard InChI is InChI=1S/C40H50O4/c1-37(2,3)23-13-15-33(41)27(17-23)29-19-25(39(7,8)9)21-31(35(29)43)32-22-26(40(10,11)12)20-30(36(32)44)28-18-24(38(4,5)6)14-16-34(28)42/h13-22,41-44H,1-12H3. The Morgan fingerprint density at radius 3 is 0.795 bits per heavy atom. The SMILES string of the molecule is CC(C)(C)c1ccc(O)c(-c2cc(C(C)(C)C)cc(-c3cc(C(C)(C)C)cc(-c4cc(C(C)(C)C)ccc4O)c3O)c2O)c1. The molecule has 0 atom stereocenters. The molecule has 0 saturated carbocycles. The zero-order valence-corrected chi connectivity index (χ0v) is 28.6. The summed E-state index contributed by atoms with van der Waals surface area (Å²) in [5.74, 6) is 0.0869. The normalized spacial score (nSPS) is 12.9. The second-order valence-corrected chi connectivity index (χ2v) is 16.3. The summed E-state index contributed by atoms with van der Waals surface area (Å²) in [5, 5.41) is 46.2. The van der Waals surface area contributed by atoms with Crippen LogP contribution in [0.4, 0.5) is 0 Å². The molecule has 0 saturated heterocycles. The van der Waals surface area contributed by atoms with Gasteiger partial charge in [0.05, 0.1) is 0 Å². The third-order valence-corrected chi connectivity index (χ3v) is 8.55. The summed E-state index contributed by atoms with van der Waals surface area (Å²) < 4.78 is 0. The van der Waals surface area contributed by atoms with Crippen LogP contribution in [0.1, 0.15) is 105 Å². The van der Waals surface area contributed by atoms with E-state index in [0.717, 1.165) is 22.3 Å². The molecule has 0 fully saturated rings. The predicted molar refractivity (Wildman–Crippen MR) is 184 cm³/mol. The quantitative estimate of drug-likeness (QED) is 0.190. The number of hydrogen-bond acceptors (Lipinski definition) is 4. The van der Waals surface area contributed by atoms with Crippen LogP contribution in [0, 0.1) is 0 Å². The average Bonchev–Trinajstić information content (AvgIpc) is 2.87. The van der Waals surface area contributed by atoms with Gasteiger partial charge in [0.25, 0.3) is 0 Å². The van der Waals surface area contributed by atoms with Crippen LogP contribution in [0.25, 0.3) is 33.4 Å². The van der Waals surface area contributed by atoms with Gasteiger partial charge in [0.2, 0.25) is 0 Å². The van der Waals surface area contributed by atoms with E-state index in [1.807, 2.05) is 48.5 Å². The van der Waals surface area contributed by atoms with Crippen molar-refractivity contribution < 1.29 is 20.4 Å². The zero-order chi connectivity index (χ0) is 33.2. The molecule has 0 aliphatic carbocycles. The highest BCUT2D eigenvalue weighted by Gasteiger charge is 2.28. The third-order valence-electron chi connectivity index (χ3n) is 8.55. The Morgan fingerprint density at radius 1 is 0.318 bits per heavy atom. The van der Waals surface area contributed by atoms with Gasteiger partial charge in [0.1, 0.15) is 23.0 Å². The number of aromatic hydroxyl groups is 4. The molecule has 4 aromatic rings. The van der Waals surface area contributed by atoms with Crippen LogP contribution < -0.4 is 0 Å². The van der Waals surface area contributed by atoms with Gasteiger partial charge in [-0.3, -0.25) is 0 Å². The molecule has 234 valence electrons. The molecule has 0 aromatic heterocycles. The fourth-order valence-electron chi connectivity index (χ4n) is 5.39. The minimum absolute atomic E-state index is 0.0284. The summed E-state index contributed by atoms with van der Waals surface area (Å²) in [5.41, 5.74) is 6.00. The molecule has 4 nitrogen and oxygen atoms in total.